The highest BCUT2D eigenvalue weighted by molar-refractivity contribution is 6.30. The third kappa shape index (κ3) is 4.49. The summed E-state index contributed by atoms with van der Waals surface area (Å²) in [5, 5.41) is 8.19. The predicted molar refractivity (Wildman–Crippen MR) is 119 cm³/mol. The molecule has 0 atom stereocenters. The summed E-state index contributed by atoms with van der Waals surface area (Å²) < 4.78 is 5.30. The lowest BCUT2D eigenvalue weighted by molar-refractivity contribution is -0.132. The van der Waals surface area contributed by atoms with Crippen molar-refractivity contribution in [2.75, 3.05) is 13.7 Å². The van der Waals surface area contributed by atoms with Gasteiger partial charge in [-0.25, -0.2) is 0 Å². The van der Waals surface area contributed by atoms with Crippen LogP contribution < -0.4 is 4.74 Å². The van der Waals surface area contributed by atoms with Crippen LogP contribution in [0.2, 0.25) is 5.02 Å². The number of fused-ring (bicyclic) bond motifs is 1. The van der Waals surface area contributed by atoms with Gasteiger partial charge in [-0.1, -0.05) is 35.4 Å². The highest BCUT2D eigenvalue weighted by Gasteiger charge is 2.26. The maximum absolute atomic E-state index is 12.9. The summed E-state index contributed by atoms with van der Waals surface area (Å²) in [7, 11) is 1.54. The van der Waals surface area contributed by atoms with E-state index in [0.29, 0.717) is 35.8 Å². The van der Waals surface area contributed by atoms with Crippen molar-refractivity contribution in [3.8, 4) is 17.0 Å². The molecule has 0 radical (unpaired) electrons. The molecular formula is C24H24ClN3O3. The number of amides is 1. The van der Waals surface area contributed by atoms with Crippen molar-refractivity contribution in [1.29, 1.82) is 0 Å². The average Bonchev–Trinajstić information content (AvgIpc) is 3.20. The highest BCUT2D eigenvalue weighted by Crippen LogP contribution is 2.30. The summed E-state index contributed by atoms with van der Waals surface area (Å²) in [4.78, 5) is 27.4. The van der Waals surface area contributed by atoms with Gasteiger partial charge in [0.15, 0.2) is 5.78 Å². The molecule has 2 heterocycles. The molecule has 31 heavy (non-hydrogen) atoms. The summed E-state index contributed by atoms with van der Waals surface area (Å²) in [6, 6.07) is 13.0. The zero-order valence-electron chi connectivity index (χ0n) is 17.6. The normalized spacial score (nSPS) is 13.1. The number of carbonyl (C=O) groups is 2. The van der Waals surface area contributed by atoms with Gasteiger partial charge in [-0.15, -0.1) is 0 Å². The van der Waals surface area contributed by atoms with E-state index in [1.807, 2.05) is 43.3 Å². The first-order valence-corrected chi connectivity index (χ1v) is 10.6. The van der Waals surface area contributed by atoms with E-state index in [1.54, 1.807) is 18.1 Å². The Morgan fingerprint density at radius 3 is 2.81 bits per heavy atom. The molecular weight excluding hydrogens is 414 g/mol. The van der Waals surface area contributed by atoms with Gasteiger partial charge in [0.25, 0.3) is 0 Å². The van der Waals surface area contributed by atoms with Gasteiger partial charge >= 0.3 is 0 Å². The van der Waals surface area contributed by atoms with E-state index < -0.39 is 0 Å². The Balaban J connectivity index is 1.44. The molecule has 2 aromatic carbocycles. The standard InChI is InChI=1S/C24H24ClN3O3/c1-15-6-8-22(31-2)18(12-15)21(29)7-9-23(30)28-11-10-20-19(14-28)24(27-26-20)16-4-3-5-17(25)13-16/h3-6,8,12-13H,7,9-11,14H2,1-2H3,(H,26,27). The van der Waals surface area contributed by atoms with Gasteiger partial charge in [0.05, 0.1) is 18.4 Å². The minimum absolute atomic E-state index is 0.0381. The summed E-state index contributed by atoms with van der Waals surface area (Å²) >= 11 is 6.13. The zero-order chi connectivity index (χ0) is 22.0. The van der Waals surface area contributed by atoms with Gasteiger partial charge in [-0.05, 0) is 31.2 Å². The van der Waals surface area contributed by atoms with Crippen LogP contribution in [-0.2, 0) is 17.8 Å². The molecule has 0 fully saturated rings. The molecule has 1 N–H and O–H groups in total. The molecule has 3 aromatic rings. The van der Waals surface area contributed by atoms with Crippen molar-refractivity contribution in [3.63, 3.8) is 0 Å². The summed E-state index contributed by atoms with van der Waals surface area (Å²) in [5.74, 6) is 0.411. The monoisotopic (exact) mass is 437 g/mol. The number of hydrogen-bond donors (Lipinski definition) is 1. The van der Waals surface area contributed by atoms with E-state index in [0.717, 1.165) is 28.1 Å². The van der Waals surface area contributed by atoms with E-state index in [2.05, 4.69) is 10.2 Å². The Morgan fingerprint density at radius 2 is 2.03 bits per heavy atom. The van der Waals surface area contributed by atoms with Crippen molar-refractivity contribution >= 4 is 23.3 Å². The van der Waals surface area contributed by atoms with E-state index in [1.165, 1.54) is 0 Å². The fraction of sp³-hybridized carbons (Fsp3) is 0.292. The maximum atomic E-state index is 12.9. The molecule has 0 aliphatic carbocycles. The number of nitrogens with zero attached hydrogens (tertiary/aromatic N) is 2. The van der Waals surface area contributed by atoms with Gasteiger partial charge in [0.1, 0.15) is 5.75 Å². The molecule has 0 saturated heterocycles. The first-order chi connectivity index (χ1) is 15.0. The zero-order valence-corrected chi connectivity index (χ0v) is 18.3. The molecule has 1 amide bonds. The lowest BCUT2D eigenvalue weighted by Crippen LogP contribution is -2.36. The molecule has 0 saturated carbocycles. The number of Topliss-reactive ketones (excluding diaryl/α,β-unsaturated/α-hetero) is 1. The lowest BCUT2D eigenvalue weighted by atomic mass is 10.00. The number of carbonyl (C=O) groups excluding carboxylic acids is 2. The number of aryl methyl sites for hydroxylation is 1. The Bertz CT molecular complexity index is 1140. The number of methoxy groups -OCH3 is 1. The molecule has 6 nitrogen and oxygen atoms in total. The summed E-state index contributed by atoms with van der Waals surface area (Å²) in [6.07, 6.45) is 1.01. The lowest BCUT2D eigenvalue weighted by Gasteiger charge is -2.27. The second-order valence-corrected chi connectivity index (χ2v) is 8.17. The third-order valence-corrected chi connectivity index (χ3v) is 5.84. The number of H-pyrrole nitrogens is 1. The summed E-state index contributed by atoms with van der Waals surface area (Å²) in [5.41, 5.74) is 5.28. The van der Waals surface area contributed by atoms with Crippen molar-refractivity contribution in [2.24, 2.45) is 0 Å². The number of benzene rings is 2. The van der Waals surface area contributed by atoms with Gasteiger partial charge in [-0.3, -0.25) is 14.7 Å². The Morgan fingerprint density at radius 1 is 1.19 bits per heavy atom. The molecule has 160 valence electrons. The first-order valence-electron chi connectivity index (χ1n) is 10.2. The Kier molecular flexibility index (Phi) is 6.09. The Hall–Kier alpha value is -3.12. The van der Waals surface area contributed by atoms with Crippen LogP contribution in [0.4, 0.5) is 0 Å². The maximum Gasteiger partial charge on any atom is 0.223 e. The van der Waals surface area contributed by atoms with Crippen LogP contribution in [0, 0.1) is 6.92 Å². The van der Waals surface area contributed by atoms with E-state index in [9.17, 15) is 9.59 Å². The molecule has 0 unspecified atom stereocenters. The second-order valence-electron chi connectivity index (χ2n) is 7.73. The molecule has 1 aliphatic heterocycles. The van der Waals surface area contributed by atoms with Crippen molar-refractivity contribution in [3.05, 3.63) is 69.9 Å². The molecule has 1 aromatic heterocycles. The number of ether oxygens (including phenoxy) is 1. The van der Waals surface area contributed by atoms with Gasteiger partial charge in [0, 0.05) is 54.2 Å². The molecule has 1 aliphatic rings. The number of aromatic nitrogens is 2. The Labute approximate surface area is 186 Å². The molecule has 7 heteroatoms. The van der Waals surface area contributed by atoms with Crippen LogP contribution in [-0.4, -0.2) is 40.4 Å². The van der Waals surface area contributed by atoms with Crippen LogP contribution in [0.15, 0.2) is 42.5 Å². The number of ketones is 1. The van der Waals surface area contributed by atoms with Gasteiger partial charge in [-0.2, -0.15) is 5.10 Å². The SMILES string of the molecule is COc1ccc(C)cc1C(=O)CCC(=O)N1CCc2[nH]nc(-c3cccc(Cl)c3)c2C1. The van der Waals surface area contributed by atoms with Crippen LogP contribution in [0.3, 0.4) is 0 Å². The van der Waals surface area contributed by atoms with Crippen LogP contribution >= 0.6 is 11.6 Å². The van der Waals surface area contributed by atoms with Gasteiger partial charge in [0.2, 0.25) is 5.91 Å². The number of hydrogen-bond acceptors (Lipinski definition) is 4. The van der Waals surface area contributed by atoms with Gasteiger partial charge < -0.3 is 9.64 Å². The summed E-state index contributed by atoms with van der Waals surface area (Å²) in [6.45, 7) is 2.99. The van der Waals surface area contributed by atoms with Crippen LogP contribution in [0.25, 0.3) is 11.3 Å². The minimum Gasteiger partial charge on any atom is -0.496 e. The van der Waals surface area contributed by atoms with E-state index in [-0.39, 0.29) is 24.5 Å². The second kappa shape index (κ2) is 8.94. The van der Waals surface area contributed by atoms with Crippen LogP contribution in [0.5, 0.6) is 5.75 Å². The largest absolute Gasteiger partial charge is 0.496 e. The van der Waals surface area contributed by atoms with Crippen molar-refractivity contribution in [1.82, 2.24) is 15.1 Å². The van der Waals surface area contributed by atoms with Crippen molar-refractivity contribution < 1.29 is 14.3 Å². The molecule has 0 bridgehead atoms. The fourth-order valence-corrected chi connectivity index (χ4v) is 4.13. The molecule has 4 rings (SSSR count). The number of aromatic amines is 1. The predicted octanol–water partition coefficient (Wildman–Crippen LogP) is 4.59. The topological polar surface area (TPSA) is 75.3 Å². The highest BCUT2D eigenvalue weighted by atomic mass is 35.5. The van der Waals surface area contributed by atoms with E-state index in [4.69, 9.17) is 16.3 Å². The average molecular weight is 438 g/mol. The van der Waals surface area contributed by atoms with Crippen LogP contribution in [0.1, 0.15) is 40.0 Å². The first kappa shape index (κ1) is 21.1. The number of rotatable bonds is 6. The van der Waals surface area contributed by atoms with E-state index >= 15 is 0 Å². The third-order valence-electron chi connectivity index (χ3n) is 5.61. The minimum atomic E-state index is -0.0884. The van der Waals surface area contributed by atoms with Crippen molar-refractivity contribution in [2.45, 2.75) is 32.7 Å². The number of nitrogens with one attached hydrogen (secondary N) is 1. The molecule has 0 spiro atoms. The smallest absolute Gasteiger partial charge is 0.223 e. The quantitative estimate of drug-likeness (QED) is 0.572. The number of halogens is 1. The fourth-order valence-electron chi connectivity index (χ4n) is 3.94.